The molecule has 3 heteroatoms. The summed E-state index contributed by atoms with van der Waals surface area (Å²) in [5.41, 5.74) is 2.53. The molecule has 0 radical (unpaired) electrons. The van der Waals surface area contributed by atoms with Crippen LogP contribution < -0.4 is 10.1 Å². The molecule has 0 aliphatic carbocycles. The van der Waals surface area contributed by atoms with E-state index in [1.54, 1.807) is 18.4 Å². The molecule has 0 unspecified atom stereocenters. The van der Waals surface area contributed by atoms with E-state index in [-0.39, 0.29) is 0 Å². The van der Waals surface area contributed by atoms with Crippen molar-refractivity contribution in [3.8, 4) is 5.75 Å². The first-order valence-corrected chi connectivity index (χ1v) is 6.22. The van der Waals surface area contributed by atoms with Crippen LogP contribution in [-0.2, 0) is 6.42 Å². The van der Waals surface area contributed by atoms with Gasteiger partial charge in [0.05, 0.1) is 7.11 Å². The van der Waals surface area contributed by atoms with E-state index < -0.39 is 0 Å². The predicted molar refractivity (Wildman–Crippen MR) is 69.5 cm³/mol. The topological polar surface area (TPSA) is 21.3 Å². The van der Waals surface area contributed by atoms with Gasteiger partial charge in [-0.25, -0.2) is 0 Å². The number of methoxy groups -OCH3 is 1. The van der Waals surface area contributed by atoms with Crippen LogP contribution in [0.2, 0.25) is 0 Å². The highest BCUT2D eigenvalue weighted by molar-refractivity contribution is 7.08. The second kappa shape index (κ2) is 5.56. The summed E-state index contributed by atoms with van der Waals surface area (Å²) in [6, 6.07) is 10.3. The summed E-state index contributed by atoms with van der Waals surface area (Å²) in [6.07, 6.45) is 1.03. The first kappa shape index (κ1) is 11.0. The molecular weight excluding hydrogens is 218 g/mol. The number of benzene rings is 1. The number of thiophene rings is 1. The summed E-state index contributed by atoms with van der Waals surface area (Å²) in [6.45, 7) is 0.961. The molecule has 84 valence electrons. The van der Waals surface area contributed by atoms with Gasteiger partial charge in [0.2, 0.25) is 0 Å². The second-order valence-corrected chi connectivity index (χ2v) is 4.32. The Labute approximate surface area is 99.9 Å². The zero-order chi connectivity index (χ0) is 11.2. The maximum absolute atomic E-state index is 5.12. The van der Waals surface area contributed by atoms with Crippen molar-refractivity contribution in [2.75, 3.05) is 19.0 Å². The lowest BCUT2D eigenvalue weighted by Crippen LogP contribution is -2.03. The zero-order valence-electron chi connectivity index (χ0n) is 9.27. The summed E-state index contributed by atoms with van der Waals surface area (Å²) in [7, 11) is 1.69. The molecule has 0 aliphatic rings. The number of ether oxygens (including phenoxy) is 1. The number of rotatable bonds is 5. The minimum absolute atomic E-state index is 0.912. The molecular formula is C13H15NOS. The third kappa shape index (κ3) is 3.00. The Hall–Kier alpha value is -1.48. The van der Waals surface area contributed by atoms with Gasteiger partial charge in [-0.15, -0.1) is 0 Å². The lowest BCUT2D eigenvalue weighted by atomic mass is 10.1. The molecule has 0 atom stereocenters. The Bertz CT molecular complexity index is 408. The molecule has 0 fully saturated rings. The van der Waals surface area contributed by atoms with Crippen molar-refractivity contribution in [1.82, 2.24) is 0 Å². The van der Waals surface area contributed by atoms with E-state index in [1.807, 2.05) is 12.1 Å². The Morgan fingerprint density at radius 1 is 1.19 bits per heavy atom. The highest BCUT2D eigenvalue weighted by atomic mass is 32.1. The van der Waals surface area contributed by atoms with Gasteiger partial charge in [0, 0.05) is 17.6 Å². The van der Waals surface area contributed by atoms with Gasteiger partial charge in [-0.3, -0.25) is 0 Å². The Kier molecular flexibility index (Phi) is 3.83. The predicted octanol–water partition coefficient (Wildman–Crippen LogP) is 3.41. The van der Waals surface area contributed by atoms with E-state index >= 15 is 0 Å². The molecule has 0 saturated heterocycles. The van der Waals surface area contributed by atoms with Gasteiger partial charge in [0.25, 0.3) is 0 Å². The molecule has 2 aromatic rings. The Balaban J connectivity index is 1.81. The minimum Gasteiger partial charge on any atom is -0.497 e. The van der Waals surface area contributed by atoms with Crippen LogP contribution in [0.1, 0.15) is 5.56 Å². The quantitative estimate of drug-likeness (QED) is 0.854. The van der Waals surface area contributed by atoms with Gasteiger partial charge in [-0.1, -0.05) is 12.1 Å². The van der Waals surface area contributed by atoms with E-state index in [0.717, 1.165) is 18.7 Å². The smallest absolute Gasteiger partial charge is 0.118 e. The van der Waals surface area contributed by atoms with Crippen molar-refractivity contribution in [1.29, 1.82) is 0 Å². The van der Waals surface area contributed by atoms with E-state index in [1.165, 1.54) is 11.3 Å². The summed E-state index contributed by atoms with van der Waals surface area (Å²) in [4.78, 5) is 0. The molecule has 16 heavy (non-hydrogen) atoms. The molecule has 0 bridgehead atoms. The standard InChI is InChI=1S/C13H15NOS/c1-15-13-4-2-11(3-5-13)6-8-14-12-7-9-16-10-12/h2-5,7,9-10,14H,6,8H2,1H3. The summed E-state index contributed by atoms with van der Waals surface area (Å²) in [5, 5.41) is 7.58. The average Bonchev–Trinajstić information content (AvgIpc) is 2.83. The summed E-state index contributed by atoms with van der Waals surface area (Å²) >= 11 is 1.71. The molecule has 2 rings (SSSR count). The molecule has 0 spiro atoms. The molecule has 1 heterocycles. The van der Waals surface area contributed by atoms with E-state index in [2.05, 4.69) is 34.3 Å². The van der Waals surface area contributed by atoms with E-state index in [9.17, 15) is 0 Å². The van der Waals surface area contributed by atoms with Gasteiger partial charge in [0.15, 0.2) is 0 Å². The lowest BCUT2D eigenvalue weighted by molar-refractivity contribution is 0.414. The van der Waals surface area contributed by atoms with Crippen molar-refractivity contribution in [3.05, 3.63) is 46.7 Å². The van der Waals surface area contributed by atoms with Crippen molar-refractivity contribution < 1.29 is 4.74 Å². The van der Waals surface area contributed by atoms with Crippen LogP contribution in [0.15, 0.2) is 41.1 Å². The van der Waals surface area contributed by atoms with Crippen molar-refractivity contribution >= 4 is 17.0 Å². The molecule has 0 saturated carbocycles. The van der Waals surface area contributed by atoms with Crippen LogP contribution in [0.5, 0.6) is 5.75 Å². The first-order chi connectivity index (χ1) is 7.88. The van der Waals surface area contributed by atoms with Gasteiger partial charge in [0.1, 0.15) is 5.75 Å². The van der Waals surface area contributed by atoms with Crippen molar-refractivity contribution in [2.45, 2.75) is 6.42 Å². The highest BCUT2D eigenvalue weighted by Gasteiger charge is 1.95. The Morgan fingerprint density at radius 2 is 2.00 bits per heavy atom. The monoisotopic (exact) mass is 233 g/mol. The van der Waals surface area contributed by atoms with Crippen LogP contribution >= 0.6 is 11.3 Å². The molecule has 2 nitrogen and oxygen atoms in total. The highest BCUT2D eigenvalue weighted by Crippen LogP contribution is 2.13. The number of anilines is 1. The molecule has 0 aliphatic heterocycles. The lowest BCUT2D eigenvalue weighted by Gasteiger charge is -2.05. The molecule has 1 aromatic carbocycles. The maximum Gasteiger partial charge on any atom is 0.118 e. The van der Waals surface area contributed by atoms with Gasteiger partial charge < -0.3 is 10.1 Å². The maximum atomic E-state index is 5.12. The number of hydrogen-bond donors (Lipinski definition) is 1. The normalized spacial score (nSPS) is 10.1. The number of hydrogen-bond acceptors (Lipinski definition) is 3. The molecule has 0 amide bonds. The fourth-order valence-corrected chi connectivity index (χ4v) is 2.12. The third-order valence-electron chi connectivity index (χ3n) is 2.42. The van der Waals surface area contributed by atoms with Crippen LogP contribution in [0, 0.1) is 0 Å². The van der Waals surface area contributed by atoms with Gasteiger partial charge in [-0.05, 0) is 35.6 Å². The summed E-state index contributed by atoms with van der Waals surface area (Å²) < 4.78 is 5.12. The van der Waals surface area contributed by atoms with E-state index in [4.69, 9.17) is 4.74 Å². The largest absolute Gasteiger partial charge is 0.497 e. The summed E-state index contributed by atoms with van der Waals surface area (Å²) in [5.74, 6) is 0.912. The SMILES string of the molecule is COc1ccc(CCNc2ccsc2)cc1. The van der Waals surface area contributed by atoms with E-state index in [0.29, 0.717) is 0 Å². The average molecular weight is 233 g/mol. The van der Waals surface area contributed by atoms with Gasteiger partial charge in [-0.2, -0.15) is 11.3 Å². The first-order valence-electron chi connectivity index (χ1n) is 5.27. The second-order valence-electron chi connectivity index (χ2n) is 3.54. The fraction of sp³-hybridized carbons (Fsp3) is 0.231. The van der Waals surface area contributed by atoms with Gasteiger partial charge >= 0.3 is 0 Å². The minimum atomic E-state index is 0.912. The van der Waals surface area contributed by atoms with Crippen LogP contribution in [-0.4, -0.2) is 13.7 Å². The van der Waals surface area contributed by atoms with Crippen molar-refractivity contribution in [2.24, 2.45) is 0 Å². The van der Waals surface area contributed by atoms with Crippen LogP contribution in [0.4, 0.5) is 5.69 Å². The molecule has 1 N–H and O–H groups in total. The van der Waals surface area contributed by atoms with Crippen LogP contribution in [0.3, 0.4) is 0 Å². The Morgan fingerprint density at radius 3 is 2.62 bits per heavy atom. The zero-order valence-corrected chi connectivity index (χ0v) is 10.1. The van der Waals surface area contributed by atoms with Crippen LogP contribution in [0.25, 0.3) is 0 Å². The number of nitrogens with one attached hydrogen (secondary N) is 1. The molecule has 1 aromatic heterocycles. The fourth-order valence-electron chi connectivity index (χ4n) is 1.51. The van der Waals surface area contributed by atoms with Crippen molar-refractivity contribution in [3.63, 3.8) is 0 Å². The third-order valence-corrected chi connectivity index (χ3v) is 3.11.